The van der Waals surface area contributed by atoms with E-state index in [-0.39, 0.29) is 11.4 Å². The lowest BCUT2D eigenvalue weighted by Gasteiger charge is -2.12. The lowest BCUT2D eigenvalue weighted by molar-refractivity contribution is -0.122. The second-order valence-electron chi connectivity index (χ2n) is 5.86. The van der Waals surface area contributed by atoms with Gasteiger partial charge in [0.05, 0.1) is 18.4 Å². The monoisotopic (exact) mass is 413 g/mol. The van der Waals surface area contributed by atoms with Gasteiger partial charge in [-0.05, 0) is 37.3 Å². The van der Waals surface area contributed by atoms with Gasteiger partial charge in [-0.25, -0.2) is 4.90 Å². The highest BCUT2D eigenvalue weighted by Crippen LogP contribution is 2.41. The number of hydrogen-bond acceptors (Lipinski definition) is 4. The molecule has 0 saturated heterocycles. The van der Waals surface area contributed by atoms with Crippen LogP contribution in [0.25, 0.3) is 11.3 Å². The van der Waals surface area contributed by atoms with E-state index in [1.54, 1.807) is 18.2 Å². The number of carbonyl (C=O) groups is 3. The van der Waals surface area contributed by atoms with Crippen LogP contribution in [0, 0.1) is 0 Å². The number of amides is 2. The predicted molar refractivity (Wildman–Crippen MR) is 103 cm³/mol. The Morgan fingerprint density at radius 1 is 1.00 bits per heavy atom. The quantitative estimate of drug-likeness (QED) is 0.432. The van der Waals surface area contributed by atoms with Gasteiger partial charge in [-0.2, -0.15) is 0 Å². The number of halogens is 1. The number of benzene rings is 2. The smallest absolute Gasteiger partial charge is 0.269 e. The van der Waals surface area contributed by atoms with E-state index in [0.29, 0.717) is 28.1 Å². The first-order valence-electron chi connectivity index (χ1n) is 7.89. The van der Waals surface area contributed by atoms with E-state index in [1.165, 1.54) is 21.0 Å². The summed E-state index contributed by atoms with van der Waals surface area (Å²) < 4.78 is 6.43. The molecule has 3 rings (SSSR count). The minimum Gasteiger partial charge on any atom is -0.495 e. The van der Waals surface area contributed by atoms with Crippen molar-refractivity contribution in [1.82, 2.24) is 0 Å². The molecule has 0 spiro atoms. The molecule has 0 atom stereocenters. The van der Waals surface area contributed by atoms with Gasteiger partial charge < -0.3 is 4.74 Å². The highest BCUT2D eigenvalue weighted by molar-refractivity contribution is 9.10. The Hall–Kier alpha value is -2.73. The zero-order valence-electron chi connectivity index (χ0n) is 14.5. The maximum absolute atomic E-state index is 13.0. The fourth-order valence-corrected chi connectivity index (χ4v) is 3.25. The van der Waals surface area contributed by atoms with E-state index in [2.05, 4.69) is 15.9 Å². The summed E-state index contributed by atoms with van der Waals surface area (Å²) in [6.07, 6.45) is 0. The van der Waals surface area contributed by atoms with E-state index in [0.717, 1.165) is 9.37 Å². The molecule has 2 amide bonds. The van der Waals surface area contributed by atoms with Gasteiger partial charge in [0.1, 0.15) is 5.76 Å². The third-order valence-corrected chi connectivity index (χ3v) is 4.71. The lowest BCUT2D eigenvalue weighted by Crippen LogP contribution is -2.31. The molecular weight excluding hydrogens is 398 g/mol. The van der Waals surface area contributed by atoms with Crippen LogP contribution in [-0.2, 0) is 14.3 Å². The van der Waals surface area contributed by atoms with Crippen LogP contribution in [0.1, 0.15) is 35.3 Å². The number of carbonyl (C=O) groups excluding carboxylic acids is 3. The van der Waals surface area contributed by atoms with Crippen molar-refractivity contribution in [3.8, 4) is 0 Å². The van der Waals surface area contributed by atoms with Crippen LogP contribution in [-0.4, -0.2) is 24.7 Å². The number of rotatable bonds is 3. The van der Waals surface area contributed by atoms with Crippen molar-refractivity contribution < 1.29 is 19.1 Å². The summed E-state index contributed by atoms with van der Waals surface area (Å²) in [4.78, 5) is 37.9. The fraction of sp³-hybridized carbons (Fsp3) is 0.150. The molecule has 132 valence electrons. The van der Waals surface area contributed by atoms with Crippen molar-refractivity contribution in [2.24, 2.45) is 0 Å². The maximum atomic E-state index is 13.0. The standard InChI is InChI=1S/C20H16BrNO4/c1-11(23)14-6-9-17-16(10-14)18(20(25)22(17)12(2)24)19(26-3)13-4-7-15(21)8-5-13/h4-10H,1-3H3/b19-18-. The van der Waals surface area contributed by atoms with Gasteiger partial charge in [-0.15, -0.1) is 0 Å². The van der Waals surface area contributed by atoms with Crippen molar-refractivity contribution in [2.45, 2.75) is 13.8 Å². The molecule has 0 aliphatic carbocycles. The molecule has 2 aromatic carbocycles. The second-order valence-corrected chi connectivity index (χ2v) is 6.78. The molecule has 1 aliphatic heterocycles. The van der Waals surface area contributed by atoms with Crippen LogP contribution < -0.4 is 4.90 Å². The van der Waals surface area contributed by atoms with Crippen LogP contribution in [0.15, 0.2) is 46.9 Å². The van der Waals surface area contributed by atoms with Crippen LogP contribution in [0.5, 0.6) is 0 Å². The third-order valence-electron chi connectivity index (χ3n) is 4.18. The van der Waals surface area contributed by atoms with Gasteiger partial charge in [0.25, 0.3) is 5.91 Å². The molecule has 6 heteroatoms. The number of ether oxygens (including phenoxy) is 1. The minimum atomic E-state index is -0.465. The Bertz CT molecular complexity index is 960. The fourth-order valence-electron chi connectivity index (χ4n) is 2.98. The summed E-state index contributed by atoms with van der Waals surface area (Å²) in [5.41, 5.74) is 2.39. The molecule has 0 unspecified atom stereocenters. The molecule has 1 aliphatic rings. The Kier molecular flexibility index (Phi) is 4.78. The Morgan fingerprint density at radius 2 is 1.62 bits per heavy atom. The Morgan fingerprint density at radius 3 is 2.15 bits per heavy atom. The number of hydrogen-bond donors (Lipinski definition) is 0. The van der Waals surface area contributed by atoms with E-state index in [9.17, 15) is 14.4 Å². The maximum Gasteiger partial charge on any atom is 0.269 e. The first kappa shape index (κ1) is 18.1. The normalized spacial score (nSPS) is 14.9. The summed E-state index contributed by atoms with van der Waals surface area (Å²) in [6, 6.07) is 12.2. The summed E-state index contributed by atoms with van der Waals surface area (Å²) in [5, 5.41) is 0. The molecule has 0 radical (unpaired) electrons. The Balaban J connectivity index is 2.31. The topological polar surface area (TPSA) is 63.7 Å². The summed E-state index contributed by atoms with van der Waals surface area (Å²) >= 11 is 3.38. The zero-order chi connectivity index (χ0) is 19.0. The average molecular weight is 414 g/mol. The molecule has 0 saturated carbocycles. The number of fused-ring (bicyclic) bond motifs is 1. The van der Waals surface area contributed by atoms with Gasteiger partial charge in [0, 0.05) is 28.1 Å². The molecular formula is C20H16BrNO4. The first-order chi connectivity index (χ1) is 12.3. The number of methoxy groups -OCH3 is 1. The minimum absolute atomic E-state index is 0.122. The average Bonchev–Trinajstić information content (AvgIpc) is 2.89. The summed E-state index contributed by atoms with van der Waals surface area (Å²) in [7, 11) is 1.47. The number of nitrogens with zero attached hydrogens (tertiary/aromatic N) is 1. The predicted octanol–water partition coefficient (Wildman–Crippen LogP) is 4.06. The number of imide groups is 1. The van der Waals surface area contributed by atoms with Crippen LogP contribution in [0.3, 0.4) is 0 Å². The van der Waals surface area contributed by atoms with E-state index < -0.39 is 11.8 Å². The molecule has 0 bridgehead atoms. The first-order valence-corrected chi connectivity index (χ1v) is 8.69. The van der Waals surface area contributed by atoms with Gasteiger partial charge in [-0.3, -0.25) is 14.4 Å². The summed E-state index contributed by atoms with van der Waals surface area (Å²) in [5.74, 6) is -0.627. The van der Waals surface area contributed by atoms with Gasteiger partial charge >= 0.3 is 0 Å². The van der Waals surface area contributed by atoms with E-state index in [4.69, 9.17) is 4.74 Å². The highest BCUT2D eigenvalue weighted by Gasteiger charge is 2.38. The van der Waals surface area contributed by atoms with Crippen molar-refractivity contribution in [3.63, 3.8) is 0 Å². The van der Waals surface area contributed by atoms with E-state index >= 15 is 0 Å². The van der Waals surface area contributed by atoms with Gasteiger partial charge in [-0.1, -0.05) is 28.1 Å². The SMILES string of the molecule is CO/C(=C1\C(=O)N(C(C)=O)c2ccc(C(C)=O)cc21)c1ccc(Br)cc1. The molecule has 2 aromatic rings. The number of ketones is 1. The van der Waals surface area contributed by atoms with Crippen molar-refractivity contribution in [2.75, 3.05) is 12.0 Å². The molecule has 0 aromatic heterocycles. The van der Waals surface area contributed by atoms with Crippen molar-refractivity contribution in [3.05, 3.63) is 63.6 Å². The van der Waals surface area contributed by atoms with Gasteiger partial charge in [0.2, 0.25) is 5.91 Å². The molecule has 0 fully saturated rings. The van der Waals surface area contributed by atoms with Crippen molar-refractivity contribution in [1.29, 1.82) is 0 Å². The second kappa shape index (κ2) is 6.88. The molecule has 26 heavy (non-hydrogen) atoms. The van der Waals surface area contributed by atoms with Crippen LogP contribution in [0.4, 0.5) is 5.69 Å². The van der Waals surface area contributed by atoms with Gasteiger partial charge in [0.15, 0.2) is 5.78 Å². The van der Waals surface area contributed by atoms with Crippen molar-refractivity contribution >= 4 is 50.5 Å². The van der Waals surface area contributed by atoms with Crippen LogP contribution >= 0.6 is 15.9 Å². The summed E-state index contributed by atoms with van der Waals surface area (Å²) in [6.45, 7) is 2.78. The van der Waals surface area contributed by atoms with E-state index in [1.807, 2.05) is 24.3 Å². The molecule has 1 heterocycles. The molecule has 5 nitrogen and oxygen atoms in total. The highest BCUT2D eigenvalue weighted by atomic mass is 79.9. The third kappa shape index (κ3) is 2.97. The molecule has 0 N–H and O–H groups in total. The lowest BCUT2D eigenvalue weighted by atomic mass is 9.99. The Labute approximate surface area is 159 Å². The number of anilines is 1. The zero-order valence-corrected chi connectivity index (χ0v) is 16.1. The van der Waals surface area contributed by atoms with Crippen LogP contribution in [0.2, 0.25) is 0 Å². The largest absolute Gasteiger partial charge is 0.495 e. The number of Topliss-reactive ketones (excluding diaryl/α,β-unsaturated/α-hetero) is 1.